The molecule has 1 atom stereocenters. The van der Waals surface area contributed by atoms with E-state index in [1.54, 1.807) is 30.3 Å². The van der Waals surface area contributed by atoms with Crippen molar-refractivity contribution in [1.82, 2.24) is 0 Å². The first kappa shape index (κ1) is 13.8. The number of benzene rings is 1. The molecule has 0 heterocycles. The van der Waals surface area contributed by atoms with E-state index in [1.165, 1.54) is 0 Å². The lowest BCUT2D eigenvalue weighted by molar-refractivity contribution is -0.108. The van der Waals surface area contributed by atoms with Crippen molar-refractivity contribution in [3.05, 3.63) is 35.9 Å². The van der Waals surface area contributed by atoms with Crippen LogP contribution in [0.5, 0.6) is 0 Å². The minimum absolute atomic E-state index is 0.147. The molecule has 0 spiro atoms. The molecule has 0 radical (unpaired) electrons. The number of rotatable bonds is 5. The number of halogens is 2. The van der Waals surface area contributed by atoms with Gasteiger partial charge in [-0.2, -0.15) is 0 Å². The number of alkyl halides is 2. The summed E-state index contributed by atoms with van der Waals surface area (Å²) in [7, 11) is 0. The molecule has 19 heavy (non-hydrogen) atoms. The maximum absolute atomic E-state index is 13.5. The molecule has 0 aromatic heterocycles. The van der Waals surface area contributed by atoms with Gasteiger partial charge in [-0.25, -0.2) is 8.78 Å². The first-order chi connectivity index (χ1) is 8.99. The van der Waals surface area contributed by atoms with Crippen molar-refractivity contribution in [1.29, 1.82) is 0 Å². The summed E-state index contributed by atoms with van der Waals surface area (Å²) in [5.74, 6) is -3.06. The SMILES string of the molecule is O=CCCC1(C(=O)c2ccccc2)CCC(F)(F)C1. The van der Waals surface area contributed by atoms with E-state index in [-0.39, 0.29) is 31.5 Å². The Labute approximate surface area is 110 Å². The molecule has 1 aromatic rings. The van der Waals surface area contributed by atoms with Gasteiger partial charge in [0.15, 0.2) is 5.78 Å². The van der Waals surface area contributed by atoms with Crippen LogP contribution in [-0.4, -0.2) is 18.0 Å². The molecule has 1 aliphatic rings. The highest BCUT2D eigenvalue weighted by atomic mass is 19.3. The molecule has 1 aromatic carbocycles. The molecule has 1 unspecified atom stereocenters. The average Bonchev–Trinajstić information content (AvgIpc) is 2.73. The molecule has 1 saturated carbocycles. The average molecular weight is 266 g/mol. The van der Waals surface area contributed by atoms with Gasteiger partial charge in [0.1, 0.15) is 6.29 Å². The van der Waals surface area contributed by atoms with E-state index in [1.807, 2.05) is 0 Å². The largest absolute Gasteiger partial charge is 0.303 e. The summed E-state index contributed by atoms with van der Waals surface area (Å²) in [5.41, 5.74) is -0.628. The van der Waals surface area contributed by atoms with Gasteiger partial charge in [-0.15, -0.1) is 0 Å². The van der Waals surface area contributed by atoms with Gasteiger partial charge in [-0.3, -0.25) is 4.79 Å². The Morgan fingerprint density at radius 3 is 2.42 bits per heavy atom. The summed E-state index contributed by atoms with van der Waals surface area (Å²) in [4.78, 5) is 23.0. The Bertz CT molecular complexity index is 470. The number of carbonyl (C=O) groups is 2. The van der Waals surface area contributed by atoms with Gasteiger partial charge in [0.05, 0.1) is 0 Å². The number of hydrogen-bond donors (Lipinski definition) is 0. The molecule has 0 N–H and O–H groups in total. The lowest BCUT2D eigenvalue weighted by atomic mass is 9.75. The molecule has 0 amide bonds. The summed E-state index contributed by atoms with van der Waals surface area (Å²) in [5, 5.41) is 0. The molecule has 2 rings (SSSR count). The number of aldehydes is 1. The monoisotopic (exact) mass is 266 g/mol. The quantitative estimate of drug-likeness (QED) is 0.602. The predicted octanol–water partition coefficient (Wildman–Crippen LogP) is 3.65. The second kappa shape index (κ2) is 5.19. The zero-order chi connectivity index (χ0) is 13.9. The first-order valence-electron chi connectivity index (χ1n) is 6.40. The van der Waals surface area contributed by atoms with Crippen LogP contribution < -0.4 is 0 Å². The van der Waals surface area contributed by atoms with Gasteiger partial charge in [0, 0.05) is 30.2 Å². The summed E-state index contributed by atoms with van der Waals surface area (Å²) < 4.78 is 27.0. The van der Waals surface area contributed by atoms with Crippen molar-refractivity contribution >= 4 is 12.1 Å². The second-order valence-corrected chi connectivity index (χ2v) is 5.21. The third kappa shape index (κ3) is 2.88. The Hall–Kier alpha value is -1.58. The van der Waals surface area contributed by atoms with E-state index in [0.29, 0.717) is 11.8 Å². The smallest absolute Gasteiger partial charge is 0.249 e. The zero-order valence-electron chi connectivity index (χ0n) is 10.6. The number of hydrogen-bond acceptors (Lipinski definition) is 2. The lowest BCUT2D eigenvalue weighted by Crippen LogP contribution is -2.30. The van der Waals surface area contributed by atoms with Gasteiger partial charge in [0.2, 0.25) is 5.92 Å². The standard InChI is InChI=1S/C15H16F2O2/c16-15(17)9-8-14(11-15,7-4-10-18)13(19)12-5-2-1-3-6-12/h1-3,5-6,10H,4,7-9,11H2. The van der Waals surface area contributed by atoms with Crippen molar-refractivity contribution in [2.45, 2.75) is 38.0 Å². The lowest BCUT2D eigenvalue weighted by Gasteiger charge is -2.27. The van der Waals surface area contributed by atoms with Crippen LogP contribution in [0.15, 0.2) is 30.3 Å². The first-order valence-corrected chi connectivity index (χ1v) is 6.40. The maximum atomic E-state index is 13.5. The highest BCUT2D eigenvalue weighted by Crippen LogP contribution is 2.51. The molecule has 0 aliphatic heterocycles. The van der Waals surface area contributed by atoms with E-state index in [4.69, 9.17) is 0 Å². The van der Waals surface area contributed by atoms with Crippen molar-refractivity contribution in [2.75, 3.05) is 0 Å². The predicted molar refractivity (Wildman–Crippen MR) is 67.3 cm³/mol. The third-order valence-corrected chi connectivity index (χ3v) is 3.82. The molecule has 1 fully saturated rings. The molecule has 102 valence electrons. The summed E-state index contributed by atoms with van der Waals surface area (Å²) >= 11 is 0. The fourth-order valence-electron chi connectivity index (χ4n) is 2.85. The van der Waals surface area contributed by atoms with Crippen LogP contribution in [0.1, 0.15) is 42.5 Å². The maximum Gasteiger partial charge on any atom is 0.249 e. The van der Waals surface area contributed by atoms with E-state index in [9.17, 15) is 18.4 Å². The minimum atomic E-state index is -2.80. The number of Topliss-reactive ketones (excluding diaryl/α,β-unsaturated/α-hetero) is 1. The molecule has 1 aliphatic carbocycles. The van der Waals surface area contributed by atoms with Gasteiger partial charge >= 0.3 is 0 Å². The van der Waals surface area contributed by atoms with Gasteiger partial charge in [-0.1, -0.05) is 30.3 Å². The van der Waals surface area contributed by atoms with E-state index in [0.717, 1.165) is 0 Å². The van der Waals surface area contributed by atoms with Gasteiger partial charge in [-0.05, 0) is 12.8 Å². The number of ketones is 1. The Morgan fingerprint density at radius 1 is 1.21 bits per heavy atom. The summed E-state index contributed by atoms with van der Waals surface area (Å²) in [6.45, 7) is 0. The molecule has 4 heteroatoms. The van der Waals surface area contributed by atoms with Crippen LogP contribution in [0.3, 0.4) is 0 Å². The molecular weight excluding hydrogens is 250 g/mol. The number of carbonyl (C=O) groups excluding carboxylic acids is 2. The molecule has 0 bridgehead atoms. The molecule has 0 saturated heterocycles. The van der Waals surface area contributed by atoms with E-state index >= 15 is 0 Å². The Kier molecular flexibility index (Phi) is 3.78. The summed E-state index contributed by atoms with van der Waals surface area (Å²) in [6.07, 6.45) is 0.485. The van der Waals surface area contributed by atoms with Crippen molar-refractivity contribution in [3.63, 3.8) is 0 Å². The molecular formula is C15H16F2O2. The van der Waals surface area contributed by atoms with Crippen LogP contribution >= 0.6 is 0 Å². The Balaban J connectivity index is 2.28. The van der Waals surface area contributed by atoms with E-state index < -0.39 is 17.8 Å². The van der Waals surface area contributed by atoms with Crippen LogP contribution in [0.4, 0.5) is 8.78 Å². The fraction of sp³-hybridized carbons (Fsp3) is 0.467. The fourth-order valence-corrected chi connectivity index (χ4v) is 2.85. The van der Waals surface area contributed by atoms with Gasteiger partial charge < -0.3 is 4.79 Å². The van der Waals surface area contributed by atoms with Crippen molar-refractivity contribution in [2.24, 2.45) is 5.41 Å². The van der Waals surface area contributed by atoms with E-state index in [2.05, 4.69) is 0 Å². The second-order valence-electron chi connectivity index (χ2n) is 5.21. The zero-order valence-corrected chi connectivity index (χ0v) is 10.6. The van der Waals surface area contributed by atoms with Crippen LogP contribution in [-0.2, 0) is 4.79 Å². The highest BCUT2D eigenvalue weighted by Gasteiger charge is 2.53. The van der Waals surface area contributed by atoms with Crippen molar-refractivity contribution < 1.29 is 18.4 Å². The summed E-state index contributed by atoms with van der Waals surface area (Å²) in [6, 6.07) is 8.49. The van der Waals surface area contributed by atoms with Crippen LogP contribution in [0.2, 0.25) is 0 Å². The van der Waals surface area contributed by atoms with Crippen LogP contribution in [0, 0.1) is 5.41 Å². The third-order valence-electron chi connectivity index (χ3n) is 3.82. The topological polar surface area (TPSA) is 34.1 Å². The normalized spacial score (nSPS) is 25.2. The molecule has 2 nitrogen and oxygen atoms in total. The van der Waals surface area contributed by atoms with Gasteiger partial charge in [0.25, 0.3) is 0 Å². The highest BCUT2D eigenvalue weighted by molar-refractivity contribution is 6.00. The minimum Gasteiger partial charge on any atom is -0.303 e. The van der Waals surface area contributed by atoms with Crippen molar-refractivity contribution in [3.8, 4) is 0 Å². The van der Waals surface area contributed by atoms with Crippen LogP contribution in [0.25, 0.3) is 0 Å². The Morgan fingerprint density at radius 2 is 1.89 bits per heavy atom.